The highest BCUT2D eigenvalue weighted by Crippen LogP contribution is 2.22. The zero-order valence-corrected chi connectivity index (χ0v) is 10.4. The quantitative estimate of drug-likeness (QED) is 0.514. The highest BCUT2D eigenvalue weighted by molar-refractivity contribution is 5.87. The van der Waals surface area contributed by atoms with Crippen molar-refractivity contribution in [3.05, 3.63) is 11.8 Å². The number of rotatable bonds is 7. The summed E-state index contributed by atoms with van der Waals surface area (Å²) in [6.45, 7) is 8.11. The van der Waals surface area contributed by atoms with Crippen LogP contribution in [-0.4, -0.2) is 10.9 Å². The van der Waals surface area contributed by atoms with Gasteiger partial charge in [0.25, 0.3) is 0 Å². The van der Waals surface area contributed by atoms with Crippen LogP contribution in [0, 0.1) is 11.8 Å². The van der Waals surface area contributed by atoms with Gasteiger partial charge in [0.1, 0.15) is 0 Å². The molecule has 15 heavy (non-hydrogen) atoms. The zero-order valence-electron chi connectivity index (χ0n) is 10.4. The highest BCUT2D eigenvalue weighted by atomic mass is 16.3. The van der Waals surface area contributed by atoms with E-state index >= 15 is 0 Å². The van der Waals surface area contributed by atoms with Crippen LogP contribution in [0.2, 0.25) is 0 Å². The summed E-state index contributed by atoms with van der Waals surface area (Å²) in [4.78, 5) is 10.7. The van der Waals surface area contributed by atoms with E-state index in [-0.39, 0.29) is 11.5 Å². The van der Waals surface area contributed by atoms with Gasteiger partial charge in [0.05, 0.1) is 5.76 Å². The standard InChI is InChI=1S/C13H24O2/c1-5-6-10(2)11(3)7-8-13(15)9-12(4)14/h9-11,15H,5-8H2,1-4H3/b13-9-. The molecular formula is C13H24O2. The number of aliphatic hydroxyl groups is 1. The van der Waals surface area contributed by atoms with Gasteiger partial charge in [-0.05, 0) is 25.2 Å². The first-order chi connectivity index (χ1) is 6.97. The normalized spacial score (nSPS) is 16.1. The number of carbonyl (C=O) groups is 1. The van der Waals surface area contributed by atoms with Crippen LogP contribution < -0.4 is 0 Å². The van der Waals surface area contributed by atoms with E-state index < -0.39 is 0 Å². The van der Waals surface area contributed by atoms with E-state index in [0.717, 1.165) is 6.42 Å². The average Bonchev–Trinajstić information content (AvgIpc) is 2.13. The summed E-state index contributed by atoms with van der Waals surface area (Å²) in [5.41, 5.74) is 0. The first-order valence-electron chi connectivity index (χ1n) is 5.87. The van der Waals surface area contributed by atoms with Gasteiger partial charge in [-0.1, -0.05) is 33.6 Å². The lowest BCUT2D eigenvalue weighted by molar-refractivity contribution is -0.112. The second kappa shape index (κ2) is 7.49. The molecule has 2 unspecified atom stereocenters. The topological polar surface area (TPSA) is 37.3 Å². The Labute approximate surface area is 93.4 Å². The summed E-state index contributed by atoms with van der Waals surface area (Å²) >= 11 is 0. The van der Waals surface area contributed by atoms with Gasteiger partial charge in [-0.3, -0.25) is 4.79 Å². The molecule has 0 aromatic carbocycles. The molecule has 0 aromatic heterocycles. The fourth-order valence-electron chi connectivity index (χ4n) is 1.71. The van der Waals surface area contributed by atoms with E-state index in [1.54, 1.807) is 0 Å². The van der Waals surface area contributed by atoms with Crippen molar-refractivity contribution >= 4 is 5.78 Å². The van der Waals surface area contributed by atoms with Crippen LogP contribution in [0.1, 0.15) is 53.4 Å². The Balaban J connectivity index is 3.89. The minimum Gasteiger partial charge on any atom is -0.512 e. The summed E-state index contributed by atoms with van der Waals surface area (Å²) in [6, 6.07) is 0. The van der Waals surface area contributed by atoms with Crippen LogP contribution >= 0.6 is 0 Å². The molecule has 0 rings (SSSR count). The molecule has 2 atom stereocenters. The van der Waals surface area contributed by atoms with Crippen LogP contribution in [0.15, 0.2) is 11.8 Å². The van der Waals surface area contributed by atoms with E-state index in [4.69, 9.17) is 0 Å². The lowest BCUT2D eigenvalue weighted by Crippen LogP contribution is -2.08. The molecular weight excluding hydrogens is 188 g/mol. The van der Waals surface area contributed by atoms with Gasteiger partial charge in [-0.2, -0.15) is 0 Å². The number of hydrogen-bond acceptors (Lipinski definition) is 2. The molecule has 0 aromatic rings. The minimum atomic E-state index is -0.0817. The fourth-order valence-corrected chi connectivity index (χ4v) is 1.71. The molecule has 2 heteroatoms. The van der Waals surface area contributed by atoms with E-state index in [1.165, 1.54) is 25.8 Å². The number of hydrogen-bond donors (Lipinski definition) is 1. The van der Waals surface area contributed by atoms with Crippen LogP contribution in [0.4, 0.5) is 0 Å². The van der Waals surface area contributed by atoms with Crippen LogP contribution in [0.5, 0.6) is 0 Å². The van der Waals surface area contributed by atoms with Crippen molar-refractivity contribution in [1.82, 2.24) is 0 Å². The Morgan fingerprint density at radius 3 is 2.27 bits per heavy atom. The van der Waals surface area contributed by atoms with Gasteiger partial charge in [0, 0.05) is 12.5 Å². The molecule has 88 valence electrons. The Bertz CT molecular complexity index is 219. The van der Waals surface area contributed by atoms with E-state index in [1.807, 2.05) is 0 Å². The number of allylic oxidation sites excluding steroid dienone is 2. The Kier molecular flexibility index (Phi) is 7.10. The molecule has 0 saturated carbocycles. The zero-order chi connectivity index (χ0) is 11.8. The summed E-state index contributed by atoms with van der Waals surface area (Å²) in [5, 5.41) is 9.42. The molecule has 0 aliphatic carbocycles. The van der Waals surface area contributed by atoms with Gasteiger partial charge in [-0.25, -0.2) is 0 Å². The second-order valence-corrected chi connectivity index (χ2v) is 4.53. The maximum absolute atomic E-state index is 10.7. The lowest BCUT2D eigenvalue weighted by atomic mass is 9.88. The maximum atomic E-state index is 10.7. The Morgan fingerprint density at radius 2 is 1.80 bits per heavy atom. The van der Waals surface area contributed by atoms with Gasteiger partial charge < -0.3 is 5.11 Å². The second-order valence-electron chi connectivity index (χ2n) is 4.53. The fraction of sp³-hybridized carbons (Fsp3) is 0.769. The van der Waals surface area contributed by atoms with E-state index in [9.17, 15) is 9.90 Å². The third-order valence-electron chi connectivity index (χ3n) is 2.94. The molecule has 0 aliphatic rings. The van der Waals surface area contributed by atoms with E-state index in [0.29, 0.717) is 18.3 Å². The molecule has 0 fully saturated rings. The minimum absolute atomic E-state index is 0.0817. The molecule has 0 amide bonds. The highest BCUT2D eigenvalue weighted by Gasteiger charge is 2.11. The summed E-state index contributed by atoms with van der Waals surface area (Å²) in [6.07, 6.45) is 5.34. The van der Waals surface area contributed by atoms with Crippen molar-refractivity contribution in [1.29, 1.82) is 0 Å². The van der Waals surface area contributed by atoms with Crippen LogP contribution in [-0.2, 0) is 4.79 Å². The molecule has 0 spiro atoms. The molecule has 1 N–H and O–H groups in total. The molecule has 0 saturated heterocycles. The SMILES string of the molecule is CCCC(C)C(C)CC/C(O)=C/C(C)=O. The lowest BCUT2D eigenvalue weighted by Gasteiger charge is -2.18. The van der Waals surface area contributed by atoms with Crippen molar-refractivity contribution in [2.45, 2.75) is 53.4 Å². The maximum Gasteiger partial charge on any atom is 0.155 e. The largest absolute Gasteiger partial charge is 0.512 e. The van der Waals surface area contributed by atoms with E-state index in [2.05, 4.69) is 20.8 Å². The predicted octanol–water partition coefficient (Wildman–Crippen LogP) is 3.87. The molecule has 0 radical (unpaired) electrons. The first kappa shape index (κ1) is 14.2. The van der Waals surface area contributed by atoms with Gasteiger partial charge in [0.15, 0.2) is 5.78 Å². The third-order valence-corrected chi connectivity index (χ3v) is 2.94. The average molecular weight is 212 g/mol. The van der Waals surface area contributed by atoms with Crippen molar-refractivity contribution in [2.24, 2.45) is 11.8 Å². The van der Waals surface area contributed by atoms with Crippen molar-refractivity contribution in [3.8, 4) is 0 Å². The van der Waals surface area contributed by atoms with Crippen LogP contribution in [0.25, 0.3) is 0 Å². The third kappa shape index (κ3) is 7.18. The molecule has 0 heterocycles. The van der Waals surface area contributed by atoms with Crippen LogP contribution in [0.3, 0.4) is 0 Å². The molecule has 0 aliphatic heterocycles. The number of ketones is 1. The summed E-state index contributed by atoms with van der Waals surface area (Å²) < 4.78 is 0. The van der Waals surface area contributed by atoms with Gasteiger partial charge in [0.2, 0.25) is 0 Å². The first-order valence-corrected chi connectivity index (χ1v) is 5.87. The summed E-state index contributed by atoms with van der Waals surface area (Å²) in [5.74, 6) is 1.44. The monoisotopic (exact) mass is 212 g/mol. The van der Waals surface area contributed by atoms with Crippen molar-refractivity contribution in [3.63, 3.8) is 0 Å². The van der Waals surface area contributed by atoms with Gasteiger partial charge in [-0.15, -0.1) is 0 Å². The number of carbonyl (C=O) groups excluding carboxylic acids is 1. The summed E-state index contributed by atoms with van der Waals surface area (Å²) in [7, 11) is 0. The Hall–Kier alpha value is -0.790. The molecule has 2 nitrogen and oxygen atoms in total. The smallest absolute Gasteiger partial charge is 0.155 e. The van der Waals surface area contributed by atoms with Gasteiger partial charge >= 0.3 is 0 Å². The Morgan fingerprint density at radius 1 is 1.27 bits per heavy atom. The van der Waals surface area contributed by atoms with Crippen molar-refractivity contribution < 1.29 is 9.90 Å². The predicted molar refractivity (Wildman–Crippen MR) is 63.9 cm³/mol. The van der Waals surface area contributed by atoms with Crippen molar-refractivity contribution in [2.75, 3.05) is 0 Å². The number of aliphatic hydroxyl groups excluding tert-OH is 1. The molecule has 0 bridgehead atoms.